The zero-order valence-corrected chi connectivity index (χ0v) is 15.2. The molecule has 0 saturated carbocycles. The Bertz CT molecular complexity index is 867. The second-order valence-electron chi connectivity index (χ2n) is 5.30. The second kappa shape index (κ2) is 9.30. The highest BCUT2D eigenvalue weighted by atomic mass is 35.5. The molecule has 2 rings (SSSR count). The van der Waals surface area contributed by atoms with Crippen LogP contribution >= 0.6 is 11.6 Å². The molecular formula is C18H14ClF3N2O4. The van der Waals surface area contributed by atoms with Crippen molar-refractivity contribution in [3.63, 3.8) is 0 Å². The minimum atomic E-state index is -4.55. The number of pyridine rings is 1. The van der Waals surface area contributed by atoms with E-state index in [-0.39, 0.29) is 23.3 Å². The molecule has 6 nitrogen and oxygen atoms in total. The largest absolute Gasteiger partial charge is 0.481 e. The summed E-state index contributed by atoms with van der Waals surface area (Å²) in [6.45, 7) is 1.43. The molecule has 1 unspecified atom stereocenters. The third-order valence-corrected chi connectivity index (χ3v) is 3.45. The van der Waals surface area contributed by atoms with Crippen molar-refractivity contribution in [2.45, 2.75) is 19.2 Å². The molecule has 1 N–H and O–H groups in total. The lowest BCUT2D eigenvalue weighted by Crippen LogP contribution is -2.36. The van der Waals surface area contributed by atoms with E-state index in [2.05, 4.69) is 16.4 Å². The van der Waals surface area contributed by atoms with Gasteiger partial charge in [-0.05, 0) is 37.3 Å². The molecule has 1 aromatic carbocycles. The average molecular weight is 415 g/mol. The van der Waals surface area contributed by atoms with Crippen molar-refractivity contribution < 1.29 is 32.3 Å². The Morgan fingerprint density at radius 1 is 1.32 bits per heavy atom. The molecule has 1 amide bonds. The summed E-state index contributed by atoms with van der Waals surface area (Å²) in [4.78, 5) is 20.0. The van der Waals surface area contributed by atoms with Crippen molar-refractivity contribution in [1.29, 1.82) is 0 Å². The molecule has 0 fully saturated rings. The first-order valence-corrected chi connectivity index (χ1v) is 8.11. The molecule has 148 valence electrons. The van der Waals surface area contributed by atoms with Crippen LogP contribution in [0.5, 0.6) is 17.4 Å². The van der Waals surface area contributed by atoms with Gasteiger partial charge in [0, 0.05) is 6.20 Å². The number of aromatic nitrogens is 1. The fourth-order valence-electron chi connectivity index (χ4n) is 1.84. The first-order chi connectivity index (χ1) is 13.2. The summed E-state index contributed by atoms with van der Waals surface area (Å²) in [6, 6.07) is 6.68. The van der Waals surface area contributed by atoms with Crippen LogP contribution in [0, 0.1) is 12.3 Å². The van der Waals surface area contributed by atoms with Crippen LogP contribution in [-0.2, 0) is 15.8 Å². The van der Waals surface area contributed by atoms with Gasteiger partial charge in [-0.15, -0.1) is 6.42 Å². The molecule has 1 aromatic heterocycles. The molecule has 0 aliphatic carbocycles. The number of hydrogen-bond donors (Lipinski definition) is 1. The highest BCUT2D eigenvalue weighted by Gasteiger charge is 2.31. The van der Waals surface area contributed by atoms with Crippen LogP contribution < -0.4 is 15.0 Å². The van der Waals surface area contributed by atoms with E-state index in [0.717, 1.165) is 6.07 Å². The van der Waals surface area contributed by atoms with E-state index >= 15 is 0 Å². The zero-order valence-electron chi connectivity index (χ0n) is 14.4. The third kappa shape index (κ3) is 6.04. The Morgan fingerprint density at radius 3 is 2.54 bits per heavy atom. The van der Waals surface area contributed by atoms with Crippen molar-refractivity contribution in [2.24, 2.45) is 0 Å². The normalized spacial score (nSPS) is 12.0. The van der Waals surface area contributed by atoms with Crippen LogP contribution in [0.15, 0.2) is 36.5 Å². The fraction of sp³-hybridized carbons (Fsp3) is 0.222. The summed E-state index contributed by atoms with van der Waals surface area (Å²) in [5.41, 5.74) is 1.16. The summed E-state index contributed by atoms with van der Waals surface area (Å²) in [5, 5.41) is -0.285. The van der Waals surface area contributed by atoms with E-state index in [1.165, 1.54) is 31.2 Å². The molecule has 0 bridgehead atoms. The average Bonchev–Trinajstić information content (AvgIpc) is 2.64. The number of amides is 1. The number of carbonyl (C=O) groups excluding carboxylic acids is 1. The second-order valence-corrected chi connectivity index (χ2v) is 5.71. The maximum absolute atomic E-state index is 12.6. The first kappa shape index (κ1) is 21.3. The highest BCUT2D eigenvalue weighted by molar-refractivity contribution is 6.31. The molecular weight excluding hydrogens is 401 g/mol. The summed E-state index contributed by atoms with van der Waals surface area (Å²) < 4.78 is 48.6. The van der Waals surface area contributed by atoms with Crippen LogP contribution in [0.2, 0.25) is 5.02 Å². The maximum atomic E-state index is 12.6. The SMILES string of the molecule is C#CCONC(=O)C(C)Oc1ccc(Oc2ncc(C(F)(F)F)cc2Cl)cc1. The van der Waals surface area contributed by atoms with Gasteiger partial charge >= 0.3 is 6.18 Å². The third-order valence-electron chi connectivity index (χ3n) is 3.18. The van der Waals surface area contributed by atoms with Gasteiger partial charge in [-0.3, -0.25) is 9.63 Å². The van der Waals surface area contributed by atoms with Gasteiger partial charge in [-0.25, -0.2) is 10.5 Å². The molecule has 10 heteroatoms. The van der Waals surface area contributed by atoms with Crippen LogP contribution in [-0.4, -0.2) is 23.6 Å². The van der Waals surface area contributed by atoms with Crippen LogP contribution in [0.4, 0.5) is 13.2 Å². The van der Waals surface area contributed by atoms with Crippen LogP contribution in [0.3, 0.4) is 0 Å². The van der Waals surface area contributed by atoms with Gasteiger partial charge in [0.25, 0.3) is 5.91 Å². The predicted octanol–water partition coefficient (Wildman–Crippen LogP) is 3.99. The van der Waals surface area contributed by atoms with Crippen molar-refractivity contribution in [1.82, 2.24) is 10.5 Å². The molecule has 0 aliphatic heterocycles. The van der Waals surface area contributed by atoms with Gasteiger partial charge in [-0.1, -0.05) is 17.5 Å². The number of hydroxylamine groups is 1. The van der Waals surface area contributed by atoms with Crippen molar-refractivity contribution >= 4 is 17.5 Å². The van der Waals surface area contributed by atoms with E-state index < -0.39 is 23.8 Å². The number of terminal acetylenes is 1. The lowest BCUT2D eigenvalue weighted by molar-refractivity contribution is -0.139. The molecule has 0 spiro atoms. The minimum Gasteiger partial charge on any atom is -0.481 e. The number of hydrogen-bond acceptors (Lipinski definition) is 5. The lowest BCUT2D eigenvalue weighted by Gasteiger charge is -2.14. The van der Waals surface area contributed by atoms with E-state index in [0.29, 0.717) is 11.9 Å². The number of halogens is 4. The number of nitrogens with zero attached hydrogens (tertiary/aromatic N) is 1. The quantitative estimate of drug-likeness (QED) is 0.421. The highest BCUT2D eigenvalue weighted by Crippen LogP contribution is 2.34. The number of alkyl halides is 3. The fourth-order valence-corrected chi connectivity index (χ4v) is 2.05. The topological polar surface area (TPSA) is 69.7 Å². The Hall–Kier alpha value is -2.96. The van der Waals surface area contributed by atoms with Gasteiger partial charge in [-0.2, -0.15) is 13.2 Å². The van der Waals surface area contributed by atoms with Crippen LogP contribution in [0.1, 0.15) is 12.5 Å². The first-order valence-electron chi connectivity index (χ1n) is 7.73. The minimum absolute atomic E-state index is 0.0783. The van der Waals surface area contributed by atoms with Crippen molar-refractivity contribution in [3.8, 4) is 29.7 Å². The number of carbonyl (C=O) groups is 1. The van der Waals surface area contributed by atoms with E-state index in [4.69, 9.17) is 32.3 Å². The standard InChI is InChI=1S/C18H14ClF3N2O4/c1-3-8-26-24-16(25)11(2)27-13-4-6-14(7-5-13)28-17-15(19)9-12(10-23-17)18(20,21)22/h1,4-7,9-11H,8H2,2H3,(H,24,25). The van der Waals surface area contributed by atoms with Crippen molar-refractivity contribution in [3.05, 3.63) is 47.1 Å². The summed E-state index contributed by atoms with van der Waals surface area (Å²) in [7, 11) is 0. The van der Waals surface area contributed by atoms with Gasteiger partial charge in [0.05, 0.1) is 5.56 Å². The number of ether oxygens (including phenoxy) is 2. The van der Waals surface area contributed by atoms with Crippen LogP contribution in [0.25, 0.3) is 0 Å². The summed E-state index contributed by atoms with van der Waals surface area (Å²) in [6.07, 6.45) is 0.196. The predicted molar refractivity (Wildman–Crippen MR) is 93.8 cm³/mol. The molecule has 0 aliphatic rings. The molecule has 1 heterocycles. The number of benzene rings is 1. The molecule has 0 saturated heterocycles. The van der Waals surface area contributed by atoms with Gasteiger partial charge in [0.2, 0.25) is 5.88 Å². The Labute approximate surface area is 163 Å². The number of rotatable bonds is 7. The maximum Gasteiger partial charge on any atom is 0.417 e. The molecule has 28 heavy (non-hydrogen) atoms. The smallest absolute Gasteiger partial charge is 0.417 e. The monoisotopic (exact) mass is 414 g/mol. The summed E-state index contributed by atoms with van der Waals surface area (Å²) >= 11 is 5.79. The molecule has 1 atom stereocenters. The van der Waals surface area contributed by atoms with E-state index in [1.807, 2.05) is 0 Å². The van der Waals surface area contributed by atoms with Gasteiger partial charge in [0.15, 0.2) is 6.10 Å². The van der Waals surface area contributed by atoms with Gasteiger partial charge < -0.3 is 9.47 Å². The molecule has 0 radical (unpaired) electrons. The summed E-state index contributed by atoms with van der Waals surface area (Å²) in [5.74, 6) is 2.09. The Balaban J connectivity index is 1.98. The Morgan fingerprint density at radius 2 is 1.96 bits per heavy atom. The van der Waals surface area contributed by atoms with Gasteiger partial charge in [0.1, 0.15) is 23.1 Å². The lowest BCUT2D eigenvalue weighted by atomic mass is 10.3. The Kier molecular flexibility index (Phi) is 7.09. The van der Waals surface area contributed by atoms with E-state index in [9.17, 15) is 18.0 Å². The molecule has 2 aromatic rings. The zero-order chi connectivity index (χ0) is 20.7. The van der Waals surface area contributed by atoms with E-state index in [1.54, 1.807) is 0 Å². The number of nitrogens with one attached hydrogen (secondary N) is 1. The van der Waals surface area contributed by atoms with Crippen molar-refractivity contribution in [2.75, 3.05) is 6.61 Å².